The van der Waals surface area contributed by atoms with E-state index in [1.54, 1.807) is 6.92 Å². The van der Waals surface area contributed by atoms with Crippen LogP contribution >= 0.6 is 0 Å². The van der Waals surface area contributed by atoms with Crippen LogP contribution in [0.1, 0.15) is 72.6 Å². The van der Waals surface area contributed by atoms with E-state index in [0.717, 1.165) is 25.4 Å². The van der Waals surface area contributed by atoms with Gasteiger partial charge in [-0.1, -0.05) is 27.2 Å². The van der Waals surface area contributed by atoms with Gasteiger partial charge in [0.2, 0.25) is 0 Å². The summed E-state index contributed by atoms with van der Waals surface area (Å²) in [6.45, 7) is 10.1. The Morgan fingerprint density at radius 3 is 2.50 bits per heavy atom. The van der Waals surface area contributed by atoms with Crippen LogP contribution in [0.15, 0.2) is 0 Å². The highest BCUT2D eigenvalue weighted by atomic mass is 16.6. The van der Waals surface area contributed by atoms with E-state index in [2.05, 4.69) is 20.8 Å². The van der Waals surface area contributed by atoms with Gasteiger partial charge >= 0.3 is 0 Å². The van der Waals surface area contributed by atoms with Crippen molar-refractivity contribution in [1.29, 1.82) is 0 Å². The molecule has 1 aliphatic heterocycles. The largest absolute Gasteiger partial charge is 0.369 e. The first-order valence-corrected chi connectivity index (χ1v) is 8.44. The summed E-state index contributed by atoms with van der Waals surface area (Å²) in [4.78, 5) is 11.5. The van der Waals surface area contributed by atoms with E-state index in [0.29, 0.717) is 22.5 Å². The highest BCUT2D eigenvalue weighted by Crippen LogP contribution is 2.66. The van der Waals surface area contributed by atoms with Crippen LogP contribution in [0.2, 0.25) is 0 Å². The Labute approximate surface area is 123 Å². The highest BCUT2D eigenvalue weighted by molar-refractivity contribution is 5.75. The molecule has 2 heteroatoms. The predicted molar refractivity (Wildman–Crippen MR) is 80.6 cm³/mol. The van der Waals surface area contributed by atoms with Gasteiger partial charge in [-0.3, -0.25) is 0 Å². The molecule has 3 fully saturated rings. The minimum absolute atomic E-state index is 0.147. The molecule has 2 saturated carbocycles. The van der Waals surface area contributed by atoms with Crippen molar-refractivity contribution in [3.8, 4) is 0 Å². The molecule has 3 rings (SSSR count). The number of fused-ring (bicyclic) bond motifs is 1. The molecule has 0 aromatic carbocycles. The van der Waals surface area contributed by atoms with Crippen molar-refractivity contribution in [3.63, 3.8) is 0 Å². The highest BCUT2D eigenvalue weighted by Gasteiger charge is 2.64. The zero-order chi connectivity index (χ0) is 14.6. The first kappa shape index (κ1) is 14.6. The van der Waals surface area contributed by atoms with Gasteiger partial charge in [0.05, 0.1) is 12.2 Å². The second kappa shape index (κ2) is 4.56. The second-order valence-electron chi connectivity index (χ2n) is 8.59. The summed E-state index contributed by atoms with van der Waals surface area (Å²) in [5.74, 6) is 1.73. The molecule has 2 aliphatic carbocycles. The molecule has 0 aromatic rings. The molecule has 1 heterocycles. The monoisotopic (exact) mass is 278 g/mol. The van der Waals surface area contributed by atoms with E-state index >= 15 is 0 Å². The molecule has 4 atom stereocenters. The van der Waals surface area contributed by atoms with E-state index in [9.17, 15) is 4.79 Å². The summed E-state index contributed by atoms with van der Waals surface area (Å²) < 4.78 is 5.95. The van der Waals surface area contributed by atoms with Gasteiger partial charge in [0.1, 0.15) is 5.78 Å². The van der Waals surface area contributed by atoms with E-state index in [1.807, 2.05) is 0 Å². The molecule has 2 nitrogen and oxygen atoms in total. The lowest BCUT2D eigenvalue weighted by molar-refractivity contribution is -0.122. The van der Waals surface area contributed by atoms with Crippen molar-refractivity contribution >= 4 is 5.78 Å². The van der Waals surface area contributed by atoms with Crippen LogP contribution in [-0.4, -0.2) is 18.0 Å². The zero-order valence-corrected chi connectivity index (χ0v) is 13.6. The van der Waals surface area contributed by atoms with Gasteiger partial charge in [0.25, 0.3) is 0 Å². The smallest absolute Gasteiger partial charge is 0.129 e. The summed E-state index contributed by atoms with van der Waals surface area (Å²) >= 11 is 0. The van der Waals surface area contributed by atoms with Gasteiger partial charge in [0, 0.05) is 6.42 Å². The minimum Gasteiger partial charge on any atom is -0.369 e. The van der Waals surface area contributed by atoms with E-state index < -0.39 is 0 Å². The summed E-state index contributed by atoms with van der Waals surface area (Å²) in [6.07, 6.45) is 8.35. The van der Waals surface area contributed by atoms with Crippen LogP contribution in [0.5, 0.6) is 0 Å². The lowest BCUT2D eigenvalue weighted by atomic mass is 9.46. The van der Waals surface area contributed by atoms with E-state index in [-0.39, 0.29) is 5.60 Å². The molecule has 0 bridgehead atoms. The van der Waals surface area contributed by atoms with Crippen LogP contribution in [0.3, 0.4) is 0 Å². The number of Topliss-reactive ketones (excluding diaryl/α,β-unsaturated/α-hetero) is 1. The Kier molecular flexibility index (Phi) is 3.32. The zero-order valence-electron chi connectivity index (χ0n) is 13.6. The van der Waals surface area contributed by atoms with Crippen LogP contribution in [0.4, 0.5) is 0 Å². The number of hydrogen-bond acceptors (Lipinski definition) is 2. The third-order valence-corrected chi connectivity index (χ3v) is 6.86. The first-order chi connectivity index (χ1) is 9.30. The number of ether oxygens (including phenoxy) is 1. The van der Waals surface area contributed by atoms with Crippen molar-refractivity contribution < 1.29 is 9.53 Å². The maximum absolute atomic E-state index is 11.5. The molecular formula is C18H30O2. The van der Waals surface area contributed by atoms with E-state index in [1.165, 1.54) is 32.1 Å². The number of ketones is 1. The Morgan fingerprint density at radius 1 is 1.20 bits per heavy atom. The fourth-order valence-electron chi connectivity index (χ4n) is 5.85. The number of epoxide rings is 1. The van der Waals surface area contributed by atoms with Crippen LogP contribution < -0.4 is 0 Å². The molecule has 1 spiro atoms. The number of rotatable bonds is 3. The van der Waals surface area contributed by atoms with Crippen molar-refractivity contribution in [2.45, 2.75) is 78.2 Å². The van der Waals surface area contributed by atoms with Gasteiger partial charge in [-0.05, 0) is 61.7 Å². The Bertz CT molecular complexity index is 408. The molecule has 1 saturated heterocycles. The standard InChI is InChI=1S/C18H30O2/c1-13(19)6-7-15-17(4)10-5-9-16(2,3)14(17)8-11-18(15)12-20-18/h14-15H,5-12H2,1-4H3/t14-,15+,17-,18?/m0/s1. The average Bonchev–Trinajstić information content (AvgIpc) is 3.07. The third kappa shape index (κ3) is 2.15. The van der Waals surface area contributed by atoms with Crippen molar-refractivity contribution in [3.05, 3.63) is 0 Å². The molecule has 0 radical (unpaired) electrons. The Hall–Kier alpha value is -0.370. The quantitative estimate of drug-likeness (QED) is 0.718. The summed E-state index contributed by atoms with van der Waals surface area (Å²) in [5.41, 5.74) is 0.984. The molecule has 1 unspecified atom stereocenters. The lowest BCUT2D eigenvalue weighted by Crippen LogP contribution is -2.54. The average molecular weight is 278 g/mol. The number of carbonyl (C=O) groups is 1. The number of carbonyl (C=O) groups excluding carboxylic acids is 1. The fourth-order valence-corrected chi connectivity index (χ4v) is 5.85. The topological polar surface area (TPSA) is 29.6 Å². The van der Waals surface area contributed by atoms with Crippen molar-refractivity contribution in [2.24, 2.45) is 22.7 Å². The molecular weight excluding hydrogens is 248 g/mol. The summed E-state index contributed by atoms with van der Waals surface area (Å²) in [7, 11) is 0. The SMILES string of the molecule is CC(=O)CC[C@H]1C2(CC[C@H]3C(C)(C)CCC[C@@]31C)CO2. The maximum Gasteiger partial charge on any atom is 0.129 e. The van der Waals surface area contributed by atoms with Gasteiger partial charge in [-0.25, -0.2) is 0 Å². The summed E-state index contributed by atoms with van der Waals surface area (Å²) in [6, 6.07) is 0. The minimum atomic E-state index is 0.147. The fraction of sp³-hybridized carbons (Fsp3) is 0.944. The third-order valence-electron chi connectivity index (χ3n) is 6.86. The first-order valence-electron chi connectivity index (χ1n) is 8.44. The van der Waals surface area contributed by atoms with Crippen LogP contribution in [0.25, 0.3) is 0 Å². The Morgan fingerprint density at radius 2 is 1.90 bits per heavy atom. The van der Waals surface area contributed by atoms with E-state index in [4.69, 9.17) is 4.74 Å². The molecule has 0 aromatic heterocycles. The number of hydrogen-bond donors (Lipinski definition) is 0. The van der Waals surface area contributed by atoms with Crippen molar-refractivity contribution in [2.75, 3.05) is 6.61 Å². The summed E-state index contributed by atoms with van der Waals surface area (Å²) in [5, 5.41) is 0. The lowest BCUT2D eigenvalue weighted by Gasteiger charge is -2.59. The van der Waals surface area contributed by atoms with Gasteiger partial charge in [-0.2, -0.15) is 0 Å². The Balaban J connectivity index is 1.88. The van der Waals surface area contributed by atoms with Gasteiger partial charge < -0.3 is 9.53 Å². The predicted octanol–water partition coefficient (Wildman–Crippen LogP) is 4.37. The van der Waals surface area contributed by atoms with Gasteiger partial charge in [-0.15, -0.1) is 0 Å². The molecule has 114 valence electrons. The van der Waals surface area contributed by atoms with Crippen LogP contribution in [0, 0.1) is 22.7 Å². The normalized spacial score (nSPS) is 46.0. The maximum atomic E-state index is 11.5. The van der Waals surface area contributed by atoms with Gasteiger partial charge in [0.15, 0.2) is 0 Å². The molecule has 3 aliphatic rings. The second-order valence-corrected chi connectivity index (χ2v) is 8.59. The molecule has 0 N–H and O–H groups in total. The molecule has 0 amide bonds. The van der Waals surface area contributed by atoms with Crippen LogP contribution in [-0.2, 0) is 9.53 Å². The molecule has 20 heavy (non-hydrogen) atoms. The van der Waals surface area contributed by atoms with Crippen molar-refractivity contribution in [1.82, 2.24) is 0 Å².